The van der Waals surface area contributed by atoms with Gasteiger partial charge in [-0.15, -0.1) is 0 Å². The minimum absolute atomic E-state index is 0.785. The summed E-state index contributed by atoms with van der Waals surface area (Å²) in [6.45, 7) is 5.51. The highest BCUT2D eigenvalue weighted by Gasteiger charge is 2.10. The molecule has 4 heteroatoms. The maximum atomic E-state index is 5.93. The van der Waals surface area contributed by atoms with Crippen molar-refractivity contribution >= 4 is 27.5 Å². The van der Waals surface area contributed by atoms with Gasteiger partial charge in [-0.05, 0) is 37.2 Å². The van der Waals surface area contributed by atoms with Crippen molar-refractivity contribution in [2.24, 2.45) is 0 Å². The summed E-state index contributed by atoms with van der Waals surface area (Å²) in [5.41, 5.74) is 1.31. The van der Waals surface area contributed by atoms with E-state index in [0.717, 1.165) is 35.7 Å². The largest absolute Gasteiger partial charge is 0.315 e. The molecule has 2 nitrogen and oxygen atoms in total. The van der Waals surface area contributed by atoms with Crippen LogP contribution in [0.4, 0.5) is 0 Å². The molecule has 0 atom stereocenters. The first-order chi connectivity index (χ1) is 7.75. The van der Waals surface area contributed by atoms with Crippen LogP contribution >= 0.6 is 27.5 Å². The fourth-order valence-electron chi connectivity index (χ4n) is 1.95. The Labute approximate surface area is 110 Å². The summed E-state index contributed by atoms with van der Waals surface area (Å²) in [4.78, 5) is 2.48. The first-order valence-electron chi connectivity index (χ1n) is 5.63. The second-order valence-corrected chi connectivity index (χ2v) is 5.41. The Hall–Kier alpha value is -0.0900. The van der Waals surface area contributed by atoms with E-state index < -0.39 is 0 Å². The molecule has 0 aliphatic carbocycles. The number of benzene rings is 1. The molecule has 1 aromatic carbocycles. The Morgan fingerprint density at radius 2 is 2.19 bits per heavy atom. The van der Waals surface area contributed by atoms with Gasteiger partial charge in [-0.3, -0.25) is 4.90 Å². The van der Waals surface area contributed by atoms with Crippen molar-refractivity contribution in [2.75, 3.05) is 26.2 Å². The topological polar surface area (TPSA) is 15.3 Å². The van der Waals surface area contributed by atoms with E-state index in [9.17, 15) is 0 Å². The number of hydrogen-bond donors (Lipinski definition) is 1. The first-order valence-corrected chi connectivity index (χ1v) is 6.80. The number of hydrogen-bond acceptors (Lipinski definition) is 2. The van der Waals surface area contributed by atoms with Gasteiger partial charge in [-0.1, -0.05) is 33.6 Å². The second-order valence-electron chi connectivity index (χ2n) is 4.12. The van der Waals surface area contributed by atoms with Gasteiger partial charge in [0.1, 0.15) is 0 Å². The molecule has 1 fully saturated rings. The Balaban J connectivity index is 2.01. The van der Waals surface area contributed by atoms with Crippen LogP contribution in [0.2, 0.25) is 5.02 Å². The Bertz CT molecular complexity index is 349. The zero-order chi connectivity index (χ0) is 11.4. The van der Waals surface area contributed by atoms with Gasteiger partial charge >= 0.3 is 0 Å². The zero-order valence-electron chi connectivity index (χ0n) is 9.18. The highest BCUT2D eigenvalue weighted by molar-refractivity contribution is 9.10. The summed E-state index contributed by atoms with van der Waals surface area (Å²) in [6, 6.07) is 6.02. The lowest BCUT2D eigenvalue weighted by molar-refractivity contribution is 0.284. The van der Waals surface area contributed by atoms with Gasteiger partial charge in [0.25, 0.3) is 0 Å². The van der Waals surface area contributed by atoms with E-state index in [-0.39, 0.29) is 0 Å². The highest BCUT2D eigenvalue weighted by Crippen LogP contribution is 2.22. The molecule has 0 spiro atoms. The van der Waals surface area contributed by atoms with Crippen LogP contribution in [0.3, 0.4) is 0 Å². The number of halogens is 2. The Morgan fingerprint density at radius 1 is 1.31 bits per heavy atom. The molecular formula is C12H16BrClN2. The minimum atomic E-state index is 0.785. The molecule has 0 aromatic heterocycles. The SMILES string of the molecule is Clc1ccc(CN2CCCNCC2)c(Br)c1. The van der Waals surface area contributed by atoms with Gasteiger partial charge in [0.05, 0.1) is 0 Å². The maximum Gasteiger partial charge on any atom is 0.0417 e. The predicted octanol–water partition coefficient (Wildman–Crippen LogP) is 2.90. The molecule has 0 unspecified atom stereocenters. The van der Waals surface area contributed by atoms with Crippen LogP contribution in [0.15, 0.2) is 22.7 Å². The molecule has 0 amide bonds. The van der Waals surface area contributed by atoms with Gasteiger partial charge in [-0.2, -0.15) is 0 Å². The monoisotopic (exact) mass is 302 g/mol. The van der Waals surface area contributed by atoms with Crippen molar-refractivity contribution in [3.05, 3.63) is 33.3 Å². The fraction of sp³-hybridized carbons (Fsp3) is 0.500. The quantitative estimate of drug-likeness (QED) is 0.904. The van der Waals surface area contributed by atoms with Crippen molar-refractivity contribution in [3.63, 3.8) is 0 Å². The molecule has 1 N–H and O–H groups in total. The zero-order valence-corrected chi connectivity index (χ0v) is 11.5. The third kappa shape index (κ3) is 3.45. The minimum Gasteiger partial charge on any atom is -0.315 e. The molecule has 2 rings (SSSR count). The average molecular weight is 304 g/mol. The van der Waals surface area contributed by atoms with Gasteiger partial charge < -0.3 is 5.32 Å². The van der Waals surface area contributed by atoms with E-state index in [2.05, 4.69) is 32.2 Å². The van der Waals surface area contributed by atoms with E-state index in [0.29, 0.717) is 0 Å². The summed E-state index contributed by atoms with van der Waals surface area (Å²) in [5.74, 6) is 0. The van der Waals surface area contributed by atoms with Crippen molar-refractivity contribution < 1.29 is 0 Å². The molecular weight excluding hydrogens is 288 g/mol. The summed E-state index contributed by atoms with van der Waals surface area (Å²) < 4.78 is 1.11. The van der Waals surface area contributed by atoms with Gasteiger partial charge in [0.2, 0.25) is 0 Å². The summed E-state index contributed by atoms with van der Waals surface area (Å²) in [5, 5.41) is 4.20. The summed E-state index contributed by atoms with van der Waals surface area (Å²) in [6.07, 6.45) is 1.23. The van der Waals surface area contributed by atoms with Crippen LogP contribution in [0.5, 0.6) is 0 Å². The van der Waals surface area contributed by atoms with E-state index >= 15 is 0 Å². The van der Waals surface area contributed by atoms with Crippen LogP contribution < -0.4 is 5.32 Å². The van der Waals surface area contributed by atoms with Gasteiger partial charge in [-0.25, -0.2) is 0 Å². The molecule has 1 heterocycles. The summed E-state index contributed by atoms with van der Waals surface area (Å²) in [7, 11) is 0. The van der Waals surface area contributed by atoms with Gasteiger partial charge in [0, 0.05) is 29.1 Å². The van der Waals surface area contributed by atoms with E-state index in [1.807, 2.05) is 12.1 Å². The summed E-state index contributed by atoms with van der Waals surface area (Å²) >= 11 is 9.50. The number of nitrogens with one attached hydrogen (secondary N) is 1. The van der Waals surface area contributed by atoms with E-state index in [1.165, 1.54) is 18.5 Å². The molecule has 1 aliphatic rings. The molecule has 1 aromatic rings. The standard InChI is InChI=1S/C12H16BrClN2/c13-12-8-11(14)3-2-10(12)9-16-6-1-4-15-5-7-16/h2-3,8,15H,1,4-7,9H2. The molecule has 0 saturated carbocycles. The van der Waals surface area contributed by atoms with Crippen LogP contribution in [0.25, 0.3) is 0 Å². The Kier molecular flexibility index (Phi) is 4.65. The average Bonchev–Trinajstić information content (AvgIpc) is 2.51. The molecule has 0 radical (unpaired) electrons. The molecule has 0 bridgehead atoms. The van der Waals surface area contributed by atoms with Crippen molar-refractivity contribution in [3.8, 4) is 0 Å². The van der Waals surface area contributed by atoms with E-state index in [1.54, 1.807) is 0 Å². The third-order valence-corrected chi connectivity index (χ3v) is 3.82. The van der Waals surface area contributed by atoms with Crippen LogP contribution in [0, 0.1) is 0 Å². The molecule has 1 aliphatic heterocycles. The molecule has 1 saturated heterocycles. The van der Waals surface area contributed by atoms with Crippen molar-refractivity contribution in [1.82, 2.24) is 10.2 Å². The maximum absolute atomic E-state index is 5.93. The van der Waals surface area contributed by atoms with Gasteiger partial charge in [0.15, 0.2) is 0 Å². The first kappa shape index (κ1) is 12.4. The highest BCUT2D eigenvalue weighted by atomic mass is 79.9. The molecule has 16 heavy (non-hydrogen) atoms. The third-order valence-electron chi connectivity index (χ3n) is 2.84. The smallest absolute Gasteiger partial charge is 0.0417 e. The van der Waals surface area contributed by atoms with Crippen molar-refractivity contribution in [2.45, 2.75) is 13.0 Å². The Morgan fingerprint density at radius 3 is 3.00 bits per heavy atom. The fourth-order valence-corrected chi connectivity index (χ4v) is 2.76. The normalized spacial score (nSPS) is 18.4. The second kappa shape index (κ2) is 6.01. The lowest BCUT2D eigenvalue weighted by Crippen LogP contribution is -2.27. The number of rotatable bonds is 2. The number of nitrogens with zero attached hydrogens (tertiary/aromatic N) is 1. The van der Waals surface area contributed by atoms with Crippen LogP contribution in [-0.4, -0.2) is 31.1 Å². The lowest BCUT2D eigenvalue weighted by Gasteiger charge is -2.20. The predicted molar refractivity (Wildman–Crippen MR) is 71.9 cm³/mol. The molecule has 88 valence electrons. The van der Waals surface area contributed by atoms with Crippen LogP contribution in [0.1, 0.15) is 12.0 Å². The lowest BCUT2D eigenvalue weighted by atomic mass is 10.2. The van der Waals surface area contributed by atoms with Crippen molar-refractivity contribution in [1.29, 1.82) is 0 Å². The van der Waals surface area contributed by atoms with Crippen LogP contribution in [-0.2, 0) is 6.54 Å². The van der Waals surface area contributed by atoms with E-state index in [4.69, 9.17) is 11.6 Å².